The summed E-state index contributed by atoms with van der Waals surface area (Å²) in [6.07, 6.45) is 0. The van der Waals surface area contributed by atoms with Crippen molar-refractivity contribution in [3.05, 3.63) is 0 Å². The summed E-state index contributed by atoms with van der Waals surface area (Å²) in [5.74, 6) is 0. The monoisotopic (exact) mass is 118 g/mol. The highest BCUT2D eigenvalue weighted by molar-refractivity contribution is 6.16. The predicted octanol–water partition coefficient (Wildman–Crippen LogP) is -1.83. The molecule has 0 unspecified atom stereocenters. The average molecular weight is 118 g/mol. The van der Waals surface area contributed by atoms with Gasteiger partial charge in [0, 0.05) is 31.5 Å². The standard InChI is InChI=1S/C2H10Si2.Si/c3-1-2-4;/h1-2H2,3-4H3;. The molecule has 0 saturated carbocycles. The fourth-order valence-corrected chi connectivity index (χ4v) is 0. The Balaban J connectivity index is 0. The van der Waals surface area contributed by atoms with Crippen LogP contribution in [0.2, 0.25) is 12.1 Å². The first-order valence-corrected chi connectivity index (χ1v) is 4.74. The minimum atomic E-state index is 0. The minimum absolute atomic E-state index is 0. The van der Waals surface area contributed by atoms with Gasteiger partial charge in [0.2, 0.25) is 0 Å². The van der Waals surface area contributed by atoms with Gasteiger partial charge in [-0.25, -0.2) is 0 Å². The topological polar surface area (TPSA) is 0 Å². The molecule has 0 aromatic rings. The molecule has 0 aliphatic rings. The van der Waals surface area contributed by atoms with Gasteiger partial charge in [0.15, 0.2) is 0 Å². The maximum absolute atomic E-state index is 1.52. The zero-order chi connectivity index (χ0) is 3.41. The van der Waals surface area contributed by atoms with Crippen LogP contribution in [0.15, 0.2) is 0 Å². The third-order valence-electron chi connectivity index (χ3n) is 0.500. The van der Waals surface area contributed by atoms with Crippen LogP contribution in [0.1, 0.15) is 0 Å². The predicted molar refractivity (Wildman–Crippen MR) is 35.2 cm³/mol. The molecule has 0 nitrogen and oxygen atoms in total. The Bertz CT molecular complexity index is 6.85. The molecule has 0 amide bonds. The first kappa shape index (κ1) is 9.17. The Morgan fingerprint density at radius 3 is 1.20 bits per heavy atom. The van der Waals surface area contributed by atoms with Gasteiger partial charge in [-0.1, -0.05) is 12.1 Å². The van der Waals surface area contributed by atoms with Crippen molar-refractivity contribution in [3.8, 4) is 0 Å². The van der Waals surface area contributed by atoms with Crippen LogP contribution in [0, 0.1) is 0 Å². The Kier molecular flexibility index (Phi) is 16.2. The van der Waals surface area contributed by atoms with Gasteiger partial charge in [-0.3, -0.25) is 0 Å². The van der Waals surface area contributed by atoms with Crippen LogP contribution in [0.25, 0.3) is 0 Å². The Morgan fingerprint density at radius 1 is 1.00 bits per heavy atom. The van der Waals surface area contributed by atoms with E-state index in [1.165, 1.54) is 32.6 Å². The van der Waals surface area contributed by atoms with E-state index in [9.17, 15) is 0 Å². The zero-order valence-electron chi connectivity index (χ0n) is 3.91. The van der Waals surface area contributed by atoms with Crippen molar-refractivity contribution in [3.63, 3.8) is 0 Å². The second-order valence-electron chi connectivity index (χ2n) is 1.000. The Morgan fingerprint density at radius 2 is 1.20 bits per heavy atom. The van der Waals surface area contributed by atoms with Crippen molar-refractivity contribution in [2.24, 2.45) is 0 Å². The lowest BCUT2D eigenvalue weighted by Gasteiger charge is -1.67. The van der Waals surface area contributed by atoms with Crippen molar-refractivity contribution >= 4 is 31.5 Å². The number of hydrogen-bond acceptors (Lipinski definition) is 0. The third kappa shape index (κ3) is 12.0. The summed E-state index contributed by atoms with van der Waals surface area (Å²) in [4.78, 5) is 0. The van der Waals surface area contributed by atoms with E-state index in [1.54, 1.807) is 0 Å². The van der Waals surface area contributed by atoms with E-state index >= 15 is 0 Å². The van der Waals surface area contributed by atoms with Crippen LogP contribution in [0.4, 0.5) is 0 Å². The smallest absolute Gasteiger partial charge is 0.00240 e. The van der Waals surface area contributed by atoms with Gasteiger partial charge in [0.1, 0.15) is 0 Å². The highest BCUT2D eigenvalue weighted by atomic mass is 28.2. The van der Waals surface area contributed by atoms with Crippen LogP contribution < -0.4 is 0 Å². The molecule has 0 N–H and O–H groups in total. The van der Waals surface area contributed by atoms with Crippen LogP contribution in [-0.4, -0.2) is 31.5 Å². The van der Waals surface area contributed by atoms with Gasteiger partial charge in [-0.2, -0.15) is 0 Å². The molecule has 0 saturated heterocycles. The SMILES string of the molecule is [SiH3]CC[SiH3].[Si]. The van der Waals surface area contributed by atoms with Crippen LogP contribution in [-0.2, 0) is 0 Å². The molecular formula is C2H10Si3. The summed E-state index contributed by atoms with van der Waals surface area (Å²) in [6.45, 7) is 0. The number of hydrogen-bond donors (Lipinski definition) is 0. The third-order valence-corrected chi connectivity index (χ3v) is 4.50. The fraction of sp³-hybridized carbons (Fsp3) is 1.00. The molecule has 0 fully saturated rings. The van der Waals surface area contributed by atoms with Crippen molar-refractivity contribution in [1.29, 1.82) is 0 Å². The van der Waals surface area contributed by atoms with Gasteiger partial charge in [0.25, 0.3) is 0 Å². The highest BCUT2D eigenvalue weighted by Gasteiger charge is 1.57. The summed E-state index contributed by atoms with van der Waals surface area (Å²) in [5, 5.41) is 0. The molecule has 0 spiro atoms. The Labute approximate surface area is 44.2 Å². The zero-order valence-corrected chi connectivity index (χ0v) is 8.91. The van der Waals surface area contributed by atoms with E-state index < -0.39 is 0 Å². The van der Waals surface area contributed by atoms with Gasteiger partial charge < -0.3 is 0 Å². The molecule has 3 heteroatoms. The molecule has 0 heterocycles. The molecule has 30 valence electrons. The van der Waals surface area contributed by atoms with Crippen molar-refractivity contribution in [2.45, 2.75) is 12.1 Å². The highest BCUT2D eigenvalue weighted by Crippen LogP contribution is 1.70. The van der Waals surface area contributed by atoms with Crippen LogP contribution in [0.3, 0.4) is 0 Å². The minimum Gasteiger partial charge on any atom is -0.0689 e. The van der Waals surface area contributed by atoms with Gasteiger partial charge in [-0.05, 0) is 0 Å². The molecule has 0 aliphatic heterocycles. The lowest BCUT2D eigenvalue weighted by molar-refractivity contribution is 1.46. The molecule has 0 aliphatic carbocycles. The first-order chi connectivity index (χ1) is 1.91. The molecule has 0 bridgehead atoms. The second kappa shape index (κ2) is 8.82. The van der Waals surface area contributed by atoms with Crippen molar-refractivity contribution in [2.75, 3.05) is 0 Å². The second-order valence-corrected chi connectivity index (χ2v) is 3.00. The Hall–Kier alpha value is 0.651. The van der Waals surface area contributed by atoms with E-state index in [4.69, 9.17) is 0 Å². The average Bonchev–Trinajstić information content (AvgIpc) is 1.37. The lowest BCUT2D eigenvalue weighted by Crippen LogP contribution is -1.60. The molecular weight excluding hydrogens is 108 g/mol. The summed E-state index contributed by atoms with van der Waals surface area (Å²) in [5.41, 5.74) is 0. The summed E-state index contributed by atoms with van der Waals surface area (Å²) < 4.78 is 0. The summed E-state index contributed by atoms with van der Waals surface area (Å²) in [6, 6.07) is 3.04. The summed E-state index contributed by atoms with van der Waals surface area (Å²) in [7, 11) is 2.85. The molecule has 5 heavy (non-hydrogen) atoms. The van der Waals surface area contributed by atoms with Crippen LogP contribution >= 0.6 is 0 Å². The lowest BCUT2D eigenvalue weighted by atomic mass is 11.0. The van der Waals surface area contributed by atoms with E-state index in [0.717, 1.165) is 0 Å². The van der Waals surface area contributed by atoms with Crippen molar-refractivity contribution < 1.29 is 0 Å². The van der Waals surface area contributed by atoms with E-state index in [2.05, 4.69) is 0 Å². The van der Waals surface area contributed by atoms with Gasteiger partial charge in [0.05, 0.1) is 0 Å². The number of rotatable bonds is 1. The maximum atomic E-state index is 1.52. The van der Waals surface area contributed by atoms with Gasteiger partial charge in [-0.15, -0.1) is 0 Å². The van der Waals surface area contributed by atoms with Crippen LogP contribution in [0.5, 0.6) is 0 Å². The maximum Gasteiger partial charge on any atom is 0.00240 e. The largest absolute Gasteiger partial charge is 0.0689 e. The molecule has 4 radical (unpaired) electrons. The first-order valence-electron chi connectivity index (χ1n) is 1.91. The van der Waals surface area contributed by atoms with Gasteiger partial charge >= 0.3 is 0 Å². The van der Waals surface area contributed by atoms with Crippen molar-refractivity contribution in [1.82, 2.24) is 0 Å². The normalized spacial score (nSPS) is 7.20. The summed E-state index contributed by atoms with van der Waals surface area (Å²) >= 11 is 0. The fourth-order valence-electron chi connectivity index (χ4n) is 0. The molecule has 0 aromatic carbocycles. The quantitative estimate of drug-likeness (QED) is 0.356. The van der Waals surface area contributed by atoms with E-state index in [-0.39, 0.29) is 11.0 Å². The van der Waals surface area contributed by atoms with E-state index in [0.29, 0.717) is 0 Å². The molecule has 0 atom stereocenters. The molecule has 0 rings (SSSR count). The van der Waals surface area contributed by atoms with E-state index in [1.807, 2.05) is 0 Å². The molecule has 0 aromatic heterocycles.